The maximum absolute atomic E-state index is 5.66. The van der Waals surface area contributed by atoms with Crippen LogP contribution in [0.25, 0.3) is 0 Å². The van der Waals surface area contributed by atoms with Crippen LogP contribution in [0.2, 0.25) is 0 Å². The minimum atomic E-state index is 0.0594. The van der Waals surface area contributed by atoms with E-state index in [4.69, 9.17) is 6.42 Å². The summed E-state index contributed by atoms with van der Waals surface area (Å²) >= 11 is 0. The van der Waals surface area contributed by atoms with Gasteiger partial charge in [0.1, 0.15) is 0 Å². The molecule has 0 aromatic heterocycles. The van der Waals surface area contributed by atoms with Crippen LogP contribution in [0.1, 0.15) is 44.7 Å². The first-order chi connectivity index (χ1) is 6.99. The third-order valence-corrected chi connectivity index (χ3v) is 3.28. The van der Waals surface area contributed by atoms with E-state index in [1.165, 1.54) is 11.1 Å². The van der Waals surface area contributed by atoms with Crippen molar-refractivity contribution in [2.24, 2.45) is 0 Å². The van der Waals surface area contributed by atoms with Gasteiger partial charge in [0, 0.05) is 0 Å². The van der Waals surface area contributed by atoms with Gasteiger partial charge < -0.3 is 0 Å². The molecule has 0 amide bonds. The maximum atomic E-state index is 5.66. The molecule has 0 unspecified atom stereocenters. The van der Waals surface area contributed by atoms with Crippen molar-refractivity contribution in [3.05, 3.63) is 35.4 Å². The van der Waals surface area contributed by atoms with Crippen LogP contribution in [-0.2, 0) is 10.8 Å². The second-order valence-electron chi connectivity index (χ2n) is 5.52. The highest BCUT2D eigenvalue weighted by Gasteiger charge is 2.44. The second-order valence-corrected chi connectivity index (χ2v) is 5.52. The Labute approximate surface area is 92.7 Å². The molecule has 0 aliphatic heterocycles. The summed E-state index contributed by atoms with van der Waals surface area (Å²) in [7, 11) is 0. The molecule has 0 radical (unpaired) electrons. The molecule has 0 N–H and O–H groups in total. The van der Waals surface area contributed by atoms with E-state index in [0.29, 0.717) is 0 Å². The summed E-state index contributed by atoms with van der Waals surface area (Å²) in [5.41, 5.74) is 3.02. The van der Waals surface area contributed by atoms with Gasteiger partial charge in [0.25, 0.3) is 0 Å². The van der Waals surface area contributed by atoms with Crippen LogP contribution < -0.4 is 0 Å². The third kappa shape index (κ3) is 1.67. The van der Waals surface area contributed by atoms with E-state index in [-0.39, 0.29) is 10.8 Å². The molecule has 1 aliphatic carbocycles. The van der Waals surface area contributed by atoms with E-state index in [0.717, 1.165) is 12.8 Å². The highest BCUT2D eigenvalue weighted by Crippen LogP contribution is 2.50. The van der Waals surface area contributed by atoms with E-state index < -0.39 is 0 Å². The van der Waals surface area contributed by atoms with Gasteiger partial charge >= 0.3 is 0 Å². The molecule has 2 rings (SSSR count). The lowest BCUT2D eigenvalue weighted by molar-refractivity contribution is 0.578. The Morgan fingerprint density at radius 1 is 1.20 bits per heavy atom. The molecular formula is C15H18. The molecule has 1 fully saturated rings. The van der Waals surface area contributed by atoms with Crippen LogP contribution >= 0.6 is 0 Å². The van der Waals surface area contributed by atoms with Crippen molar-refractivity contribution < 1.29 is 0 Å². The van der Waals surface area contributed by atoms with E-state index in [1.807, 2.05) is 0 Å². The molecule has 0 saturated heterocycles. The molecule has 1 aliphatic rings. The van der Waals surface area contributed by atoms with Gasteiger partial charge in [-0.15, -0.1) is 6.42 Å². The Morgan fingerprint density at radius 3 is 2.27 bits per heavy atom. The summed E-state index contributed by atoms with van der Waals surface area (Å²) in [6.07, 6.45) is 7.96. The average molecular weight is 198 g/mol. The monoisotopic (exact) mass is 198 g/mol. The van der Waals surface area contributed by atoms with Crippen molar-refractivity contribution in [1.29, 1.82) is 0 Å². The molecule has 0 heteroatoms. The molecule has 0 nitrogen and oxygen atoms in total. The van der Waals surface area contributed by atoms with Gasteiger partial charge in [-0.25, -0.2) is 0 Å². The molecule has 1 aromatic rings. The summed E-state index contributed by atoms with van der Waals surface area (Å²) in [6, 6.07) is 8.62. The van der Waals surface area contributed by atoms with Crippen molar-refractivity contribution in [1.82, 2.24) is 0 Å². The molecule has 1 saturated carbocycles. The van der Waals surface area contributed by atoms with E-state index >= 15 is 0 Å². The van der Waals surface area contributed by atoms with Crippen molar-refractivity contribution in [2.45, 2.75) is 44.4 Å². The summed E-state index contributed by atoms with van der Waals surface area (Å²) in [5.74, 6) is 2.98. The average Bonchev–Trinajstić information content (AvgIpc) is 2.97. The summed E-state index contributed by atoms with van der Waals surface area (Å²) < 4.78 is 0. The minimum Gasteiger partial charge on any atom is -0.119 e. The van der Waals surface area contributed by atoms with Crippen molar-refractivity contribution in [3.8, 4) is 12.3 Å². The number of rotatable bonds is 1. The topological polar surface area (TPSA) is 0 Å². The first-order valence-electron chi connectivity index (χ1n) is 5.57. The largest absolute Gasteiger partial charge is 0.119 e. The zero-order valence-corrected chi connectivity index (χ0v) is 9.80. The van der Waals surface area contributed by atoms with Gasteiger partial charge in [-0.1, -0.05) is 51.0 Å². The minimum absolute atomic E-state index is 0.0594. The van der Waals surface area contributed by atoms with Crippen LogP contribution in [0.4, 0.5) is 0 Å². The first-order valence-corrected chi connectivity index (χ1v) is 5.57. The zero-order valence-electron chi connectivity index (χ0n) is 9.80. The smallest absolute Gasteiger partial charge is 0.0564 e. The SMILES string of the molecule is C#CC1(c2ccccc2C(C)(C)C)CC1. The molecule has 15 heavy (non-hydrogen) atoms. The fraction of sp³-hybridized carbons (Fsp3) is 0.467. The van der Waals surface area contributed by atoms with Gasteiger partial charge in [-0.3, -0.25) is 0 Å². The van der Waals surface area contributed by atoms with Gasteiger partial charge in [-0.2, -0.15) is 0 Å². The fourth-order valence-corrected chi connectivity index (χ4v) is 2.17. The lowest BCUT2D eigenvalue weighted by Gasteiger charge is -2.25. The van der Waals surface area contributed by atoms with Crippen LogP contribution in [0.5, 0.6) is 0 Å². The highest BCUT2D eigenvalue weighted by molar-refractivity contribution is 5.47. The number of terminal acetylenes is 1. The summed E-state index contributed by atoms with van der Waals surface area (Å²) in [5, 5.41) is 0. The van der Waals surface area contributed by atoms with Gasteiger partial charge in [-0.05, 0) is 29.4 Å². The van der Waals surface area contributed by atoms with Crippen LogP contribution in [-0.4, -0.2) is 0 Å². The van der Waals surface area contributed by atoms with E-state index in [1.54, 1.807) is 0 Å². The molecule has 0 heterocycles. The van der Waals surface area contributed by atoms with E-state index in [9.17, 15) is 0 Å². The predicted molar refractivity (Wildman–Crippen MR) is 64.9 cm³/mol. The number of hydrogen-bond donors (Lipinski definition) is 0. The third-order valence-electron chi connectivity index (χ3n) is 3.28. The fourth-order valence-electron chi connectivity index (χ4n) is 2.17. The molecule has 1 aromatic carbocycles. The second kappa shape index (κ2) is 3.14. The Kier molecular flexibility index (Phi) is 2.15. The predicted octanol–water partition coefficient (Wildman–Crippen LogP) is 3.65. The van der Waals surface area contributed by atoms with Gasteiger partial charge in [0.05, 0.1) is 5.41 Å². The van der Waals surface area contributed by atoms with Gasteiger partial charge in [0.2, 0.25) is 0 Å². The van der Waals surface area contributed by atoms with Crippen molar-refractivity contribution in [3.63, 3.8) is 0 Å². The van der Waals surface area contributed by atoms with E-state index in [2.05, 4.69) is 51.0 Å². The lowest BCUT2D eigenvalue weighted by Crippen LogP contribution is -2.18. The molecule has 0 bridgehead atoms. The molecule has 0 atom stereocenters. The van der Waals surface area contributed by atoms with Crippen LogP contribution in [0.15, 0.2) is 24.3 Å². The van der Waals surface area contributed by atoms with Crippen LogP contribution in [0.3, 0.4) is 0 Å². The highest BCUT2D eigenvalue weighted by atomic mass is 14.5. The zero-order chi connectivity index (χ0) is 11.1. The lowest BCUT2D eigenvalue weighted by atomic mass is 9.79. The maximum Gasteiger partial charge on any atom is 0.0564 e. The normalized spacial score (nSPS) is 18.3. The molecule has 78 valence electrons. The molecular weight excluding hydrogens is 180 g/mol. The number of benzene rings is 1. The quantitative estimate of drug-likeness (QED) is 0.604. The Bertz CT molecular complexity index is 408. The Hall–Kier alpha value is -1.22. The molecule has 0 spiro atoms. The summed E-state index contributed by atoms with van der Waals surface area (Å²) in [6.45, 7) is 6.75. The van der Waals surface area contributed by atoms with Crippen LogP contribution in [0, 0.1) is 12.3 Å². The number of hydrogen-bond acceptors (Lipinski definition) is 0. The Morgan fingerprint density at radius 2 is 1.80 bits per heavy atom. The standard InChI is InChI=1S/C15H18/c1-5-15(10-11-15)13-9-7-6-8-12(13)14(2,3)4/h1,6-9H,10-11H2,2-4H3. The summed E-state index contributed by atoms with van der Waals surface area (Å²) in [4.78, 5) is 0. The van der Waals surface area contributed by atoms with Crippen molar-refractivity contribution >= 4 is 0 Å². The van der Waals surface area contributed by atoms with Gasteiger partial charge in [0.15, 0.2) is 0 Å². The van der Waals surface area contributed by atoms with Crippen molar-refractivity contribution in [2.75, 3.05) is 0 Å². The first kappa shape index (κ1) is 10.3. The Balaban J connectivity index is 2.54.